The topological polar surface area (TPSA) is 91.4 Å². The van der Waals surface area contributed by atoms with Crippen LogP contribution in [0.5, 0.6) is 5.88 Å². The Balaban J connectivity index is 1.20. The largest absolute Gasteiger partial charge is 0.478 e. The lowest BCUT2D eigenvalue weighted by Crippen LogP contribution is -2.59. The van der Waals surface area contributed by atoms with Gasteiger partial charge in [0.25, 0.3) is 0 Å². The first-order valence-corrected chi connectivity index (χ1v) is 12.3. The molecule has 0 atom stereocenters. The van der Waals surface area contributed by atoms with Gasteiger partial charge in [0.1, 0.15) is 16.7 Å². The summed E-state index contributed by atoms with van der Waals surface area (Å²) in [7, 11) is -3.31. The van der Waals surface area contributed by atoms with Gasteiger partial charge in [0, 0.05) is 50.0 Å². The lowest BCUT2D eigenvalue weighted by atomic mass is 9.90. The van der Waals surface area contributed by atoms with Gasteiger partial charge < -0.3 is 14.6 Å². The van der Waals surface area contributed by atoms with E-state index in [0.29, 0.717) is 44.6 Å². The first kappa shape index (κ1) is 20.3. The van der Waals surface area contributed by atoms with Crippen molar-refractivity contribution in [3.63, 3.8) is 0 Å². The number of hydrogen-bond donors (Lipinski definition) is 1. The number of ether oxygens (including phenoxy) is 1. The van der Waals surface area contributed by atoms with Gasteiger partial charge in [-0.05, 0) is 49.4 Å². The maximum absolute atomic E-state index is 13.2. The Kier molecular flexibility index (Phi) is 5.31. The summed E-state index contributed by atoms with van der Waals surface area (Å²) in [6.45, 7) is 4.54. The molecule has 31 heavy (non-hydrogen) atoms. The molecular formula is C22H27N5O3S. The van der Waals surface area contributed by atoms with E-state index in [0.717, 1.165) is 29.7 Å². The second kappa shape index (κ2) is 8.12. The maximum atomic E-state index is 13.2. The molecule has 0 amide bonds. The predicted molar refractivity (Wildman–Crippen MR) is 120 cm³/mol. The number of hydrogen-bond acceptors (Lipinski definition) is 6. The van der Waals surface area contributed by atoms with Crippen LogP contribution in [0.2, 0.25) is 0 Å². The number of sulfonamides is 1. The van der Waals surface area contributed by atoms with Gasteiger partial charge in [-0.15, -0.1) is 0 Å². The summed E-state index contributed by atoms with van der Waals surface area (Å²) < 4.78 is 33.5. The van der Waals surface area contributed by atoms with Crippen LogP contribution < -0.4 is 9.64 Å². The van der Waals surface area contributed by atoms with Crippen molar-refractivity contribution < 1.29 is 13.2 Å². The van der Waals surface area contributed by atoms with Crippen molar-refractivity contribution in [2.24, 2.45) is 0 Å². The number of piperidine rings is 1. The van der Waals surface area contributed by atoms with Crippen molar-refractivity contribution in [2.75, 3.05) is 37.7 Å². The molecule has 3 aromatic rings. The van der Waals surface area contributed by atoms with Gasteiger partial charge in [0.05, 0.1) is 6.61 Å². The van der Waals surface area contributed by atoms with E-state index in [2.05, 4.69) is 21.0 Å². The SMILES string of the molecule is CCOc1cccc(N2CC(S(=O)(=O)N3CCC(c4c[nH]c5ncccc45)CC3)C2)n1. The molecule has 9 heteroatoms. The number of anilines is 1. The highest BCUT2D eigenvalue weighted by Crippen LogP contribution is 2.35. The van der Waals surface area contributed by atoms with E-state index in [1.807, 2.05) is 42.3 Å². The highest BCUT2D eigenvalue weighted by Gasteiger charge is 2.42. The minimum absolute atomic E-state index is 0.354. The predicted octanol–water partition coefficient (Wildman–Crippen LogP) is 2.75. The molecule has 2 saturated heterocycles. The van der Waals surface area contributed by atoms with Gasteiger partial charge in [-0.2, -0.15) is 4.98 Å². The van der Waals surface area contributed by atoms with Crippen molar-refractivity contribution in [2.45, 2.75) is 30.9 Å². The monoisotopic (exact) mass is 441 g/mol. The molecule has 8 nitrogen and oxygen atoms in total. The van der Waals surface area contributed by atoms with Gasteiger partial charge in [-0.1, -0.05) is 6.07 Å². The molecule has 5 rings (SSSR count). The number of aromatic nitrogens is 3. The van der Waals surface area contributed by atoms with E-state index in [4.69, 9.17) is 4.74 Å². The summed E-state index contributed by atoms with van der Waals surface area (Å²) in [5.41, 5.74) is 2.14. The summed E-state index contributed by atoms with van der Waals surface area (Å²) in [6.07, 6.45) is 5.47. The fraction of sp³-hybridized carbons (Fsp3) is 0.455. The molecule has 2 fully saturated rings. The summed E-state index contributed by atoms with van der Waals surface area (Å²) in [4.78, 5) is 14.1. The number of aromatic amines is 1. The van der Waals surface area contributed by atoms with Crippen LogP contribution in [0.4, 0.5) is 5.82 Å². The Morgan fingerprint density at radius 2 is 1.97 bits per heavy atom. The van der Waals surface area contributed by atoms with Crippen LogP contribution in [0.1, 0.15) is 31.2 Å². The van der Waals surface area contributed by atoms with Crippen molar-refractivity contribution in [1.29, 1.82) is 0 Å². The standard InChI is InChI=1S/C22H27N5O3S/c1-2-30-21-7-3-6-20(25-21)26-14-17(15-26)31(28,29)27-11-8-16(9-12-27)19-13-24-22-18(19)5-4-10-23-22/h3-7,10,13,16-17H,2,8-9,11-12,14-15H2,1H3,(H,23,24). The summed E-state index contributed by atoms with van der Waals surface area (Å²) in [5.74, 6) is 1.69. The van der Waals surface area contributed by atoms with E-state index in [-0.39, 0.29) is 5.25 Å². The molecule has 0 radical (unpaired) electrons. The number of rotatable bonds is 6. The lowest BCUT2D eigenvalue weighted by Gasteiger charge is -2.43. The van der Waals surface area contributed by atoms with Crippen molar-refractivity contribution in [3.8, 4) is 5.88 Å². The molecule has 2 aliphatic heterocycles. The molecule has 5 heterocycles. The van der Waals surface area contributed by atoms with E-state index >= 15 is 0 Å². The van der Waals surface area contributed by atoms with Crippen LogP contribution in [0.15, 0.2) is 42.7 Å². The fourth-order valence-electron chi connectivity index (χ4n) is 4.57. The molecule has 0 bridgehead atoms. The fourth-order valence-corrected chi connectivity index (χ4v) is 6.45. The highest BCUT2D eigenvalue weighted by molar-refractivity contribution is 7.89. The Bertz CT molecular complexity index is 1160. The number of pyridine rings is 2. The van der Waals surface area contributed by atoms with E-state index in [1.165, 1.54) is 5.56 Å². The van der Waals surface area contributed by atoms with E-state index in [9.17, 15) is 8.42 Å². The zero-order chi connectivity index (χ0) is 21.4. The quantitative estimate of drug-likeness (QED) is 0.633. The third-order valence-electron chi connectivity index (χ3n) is 6.33. The number of nitrogens with zero attached hydrogens (tertiary/aromatic N) is 4. The molecule has 0 aliphatic carbocycles. The molecular weight excluding hydrogens is 414 g/mol. The van der Waals surface area contributed by atoms with Gasteiger partial charge in [0.2, 0.25) is 15.9 Å². The number of fused-ring (bicyclic) bond motifs is 1. The van der Waals surface area contributed by atoms with Gasteiger partial charge in [-0.25, -0.2) is 17.7 Å². The molecule has 3 aromatic heterocycles. The Hall–Kier alpha value is -2.65. The third kappa shape index (κ3) is 3.76. The molecule has 0 saturated carbocycles. The minimum Gasteiger partial charge on any atom is -0.478 e. The Morgan fingerprint density at radius 1 is 1.16 bits per heavy atom. The second-order valence-electron chi connectivity index (χ2n) is 8.16. The molecule has 0 spiro atoms. The average Bonchev–Trinajstić information content (AvgIpc) is 3.17. The Morgan fingerprint density at radius 3 is 2.74 bits per heavy atom. The van der Waals surface area contributed by atoms with Gasteiger partial charge in [-0.3, -0.25) is 0 Å². The first-order chi connectivity index (χ1) is 15.1. The van der Waals surface area contributed by atoms with E-state index in [1.54, 1.807) is 10.5 Å². The van der Waals surface area contributed by atoms with E-state index < -0.39 is 10.0 Å². The second-order valence-corrected chi connectivity index (χ2v) is 10.4. The van der Waals surface area contributed by atoms with Crippen molar-refractivity contribution in [3.05, 3.63) is 48.3 Å². The number of H-pyrrole nitrogens is 1. The van der Waals surface area contributed by atoms with Crippen molar-refractivity contribution >= 4 is 26.9 Å². The summed E-state index contributed by atoms with van der Waals surface area (Å²) in [6, 6.07) is 9.62. The molecule has 164 valence electrons. The van der Waals surface area contributed by atoms with Crippen LogP contribution in [-0.4, -0.2) is 65.7 Å². The maximum Gasteiger partial charge on any atom is 0.220 e. The summed E-state index contributed by atoms with van der Waals surface area (Å²) >= 11 is 0. The average molecular weight is 442 g/mol. The number of nitrogens with one attached hydrogen (secondary N) is 1. The smallest absolute Gasteiger partial charge is 0.220 e. The zero-order valence-electron chi connectivity index (χ0n) is 17.6. The van der Waals surface area contributed by atoms with Crippen LogP contribution in [0.3, 0.4) is 0 Å². The molecule has 1 N–H and O–H groups in total. The Labute approximate surface area is 182 Å². The zero-order valence-corrected chi connectivity index (χ0v) is 18.4. The first-order valence-electron chi connectivity index (χ1n) is 10.8. The van der Waals surface area contributed by atoms with Crippen LogP contribution in [0, 0.1) is 0 Å². The van der Waals surface area contributed by atoms with Crippen molar-refractivity contribution in [1.82, 2.24) is 19.3 Å². The molecule has 2 aliphatic rings. The summed E-state index contributed by atoms with van der Waals surface area (Å²) in [5, 5.41) is 0.763. The third-order valence-corrected chi connectivity index (χ3v) is 8.56. The minimum atomic E-state index is -3.31. The van der Waals surface area contributed by atoms with Gasteiger partial charge >= 0.3 is 0 Å². The van der Waals surface area contributed by atoms with Crippen LogP contribution >= 0.6 is 0 Å². The molecule has 0 aromatic carbocycles. The highest BCUT2D eigenvalue weighted by atomic mass is 32.2. The van der Waals surface area contributed by atoms with Gasteiger partial charge in [0.15, 0.2) is 0 Å². The normalized spacial score (nSPS) is 18.9. The van der Waals surface area contributed by atoms with Crippen LogP contribution in [-0.2, 0) is 10.0 Å². The lowest BCUT2D eigenvalue weighted by molar-refractivity contribution is 0.313. The molecule has 0 unspecified atom stereocenters. The van der Waals surface area contributed by atoms with Crippen LogP contribution in [0.25, 0.3) is 11.0 Å².